The lowest BCUT2D eigenvalue weighted by molar-refractivity contribution is -0.147. The zero-order chi connectivity index (χ0) is 14.2. The molecule has 0 bridgehead atoms. The molecule has 0 unspecified atom stereocenters. The molecule has 1 aromatic heterocycles. The summed E-state index contributed by atoms with van der Waals surface area (Å²) in [6, 6.07) is 0. The molecule has 1 heterocycles. The number of carbonyl (C=O) groups is 2. The molecule has 0 N–H and O–H groups in total. The van der Waals surface area contributed by atoms with Gasteiger partial charge < -0.3 is 9.26 Å². The monoisotopic (exact) mass is 265 g/mol. The molecule has 0 amide bonds. The molecular weight excluding hydrogens is 246 g/mol. The second-order valence-corrected chi connectivity index (χ2v) is 5.66. The van der Waals surface area contributed by atoms with Crippen molar-refractivity contribution in [2.24, 2.45) is 11.3 Å². The first-order valence-electron chi connectivity index (χ1n) is 6.51. The summed E-state index contributed by atoms with van der Waals surface area (Å²) < 4.78 is 10.0. The molecule has 0 saturated carbocycles. The second-order valence-electron chi connectivity index (χ2n) is 5.66. The van der Waals surface area contributed by atoms with Crippen LogP contribution in [0, 0.1) is 11.3 Å². The van der Waals surface area contributed by atoms with E-state index in [4.69, 9.17) is 9.26 Å². The van der Waals surface area contributed by atoms with Gasteiger partial charge >= 0.3 is 5.97 Å². The number of rotatable bonds is 3. The summed E-state index contributed by atoms with van der Waals surface area (Å²) in [4.78, 5) is 24.5. The standard InChI is InChI=1S/C14H19NO4/c1-5-6-9-10-8(15-19-9)7-14(2,3)11(12(10)16)13(17)18-4/h11H,5-7H2,1-4H3/t11-/m0/s1. The molecule has 1 aromatic rings. The smallest absolute Gasteiger partial charge is 0.317 e. The lowest BCUT2D eigenvalue weighted by Crippen LogP contribution is -2.43. The van der Waals surface area contributed by atoms with Crippen LogP contribution in [0.3, 0.4) is 0 Å². The van der Waals surface area contributed by atoms with Crippen LogP contribution in [0.15, 0.2) is 4.52 Å². The molecule has 5 nitrogen and oxygen atoms in total. The molecule has 0 aliphatic heterocycles. The molecule has 19 heavy (non-hydrogen) atoms. The molecule has 104 valence electrons. The van der Waals surface area contributed by atoms with E-state index in [0.717, 1.165) is 6.42 Å². The lowest BCUT2D eigenvalue weighted by Gasteiger charge is -2.34. The van der Waals surface area contributed by atoms with Crippen molar-refractivity contribution in [2.75, 3.05) is 7.11 Å². The molecule has 0 radical (unpaired) electrons. The van der Waals surface area contributed by atoms with Gasteiger partial charge in [-0.15, -0.1) is 0 Å². The molecule has 1 atom stereocenters. The maximum absolute atomic E-state index is 12.6. The fourth-order valence-corrected chi connectivity index (χ4v) is 2.74. The summed E-state index contributed by atoms with van der Waals surface area (Å²) in [6.07, 6.45) is 2.06. The Kier molecular flexibility index (Phi) is 3.47. The van der Waals surface area contributed by atoms with Crippen molar-refractivity contribution in [1.82, 2.24) is 5.16 Å². The number of aromatic nitrogens is 1. The zero-order valence-corrected chi connectivity index (χ0v) is 11.8. The Hall–Kier alpha value is -1.65. The minimum Gasteiger partial charge on any atom is -0.468 e. The van der Waals surface area contributed by atoms with E-state index < -0.39 is 17.3 Å². The van der Waals surface area contributed by atoms with Crippen molar-refractivity contribution in [3.63, 3.8) is 0 Å². The Morgan fingerprint density at radius 2 is 2.21 bits per heavy atom. The number of hydrogen-bond acceptors (Lipinski definition) is 5. The fourth-order valence-electron chi connectivity index (χ4n) is 2.74. The minimum absolute atomic E-state index is 0.220. The van der Waals surface area contributed by atoms with Gasteiger partial charge in [0, 0.05) is 12.8 Å². The molecule has 0 saturated heterocycles. The van der Waals surface area contributed by atoms with Crippen LogP contribution in [0.2, 0.25) is 0 Å². The van der Waals surface area contributed by atoms with Crippen LogP contribution < -0.4 is 0 Å². The third-order valence-electron chi connectivity index (χ3n) is 3.66. The number of Topliss-reactive ketones (excluding diaryl/α,β-unsaturated/α-hetero) is 1. The first-order chi connectivity index (χ1) is 8.92. The lowest BCUT2D eigenvalue weighted by atomic mass is 9.67. The largest absolute Gasteiger partial charge is 0.468 e. The summed E-state index contributed by atoms with van der Waals surface area (Å²) in [5.41, 5.74) is 0.660. The highest BCUT2D eigenvalue weighted by Crippen LogP contribution is 2.41. The van der Waals surface area contributed by atoms with Crippen LogP contribution in [-0.2, 0) is 22.4 Å². The molecule has 2 rings (SSSR count). The zero-order valence-electron chi connectivity index (χ0n) is 11.8. The SMILES string of the molecule is CCCc1onc2c1C(=O)[C@@H](C(=O)OC)C(C)(C)C2. The van der Waals surface area contributed by atoms with E-state index in [0.29, 0.717) is 29.9 Å². The topological polar surface area (TPSA) is 69.4 Å². The van der Waals surface area contributed by atoms with Crippen LogP contribution in [0.1, 0.15) is 49.0 Å². The van der Waals surface area contributed by atoms with Gasteiger partial charge in [0.25, 0.3) is 0 Å². The average Bonchev–Trinajstić information content (AvgIpc) is 2.71. The van der Waals surface area contributed by atoms with Crippen molar-refractivity contribution in [1.29, 1.82) is 0 Å². The molecule has 0 spiro atoms. The maximum Gasteiger partial charge on any atom is 0.317 e. The van der Waals surface area contributed by atoms with Crippen LogP contribution in [0.5, 0.6) is 0 Å². The van der Waals surface area contributed by atoms with Crippen LogP contribution in [-0.4, -0.2) is 24.0 Å². The van der Waals surface area contributed by atoms with Gasteiger partial charge in [0.2, 0.25) is 0 Å². The number of nitrogens with zero attached hydrogens (tertiary/aromatic N) is 1. The van der Waals surface area contributed by atoms with Gasteiger partial charge in [-0.2, -0.15) is 0 Å². The van der Waals surface area contributed by atoms with E-state index in [1.54, 1.807) is 0 Å². The normalized spacial score (nSPS) is 21.1. The second kappa shape index (κ2) is 4.79. The van der Waals surface area contributed by atoms with Gasteiger partial charge in [-0.3, -0.25) is 9.59 Å². The van der Waals surface area contributed by atoms with Crippen molar-refractivity contribution in [3.05, 3.63) is 17.0 Å². The van der Waals surface area contributed by atoms with E-state index in [2.05, 4.69) is 5.16 Å². The maximum atomic E-state index is 12.6. The number of hydrogen-bond donors (Lipinski definition) is 0. The van der Waals surface area contributed by atoms with Gasteiger partial charge in [-0.05, 0) is 11.8 Å². The summed E-state index contributed by atoms with van der Waals surface area (Å²) >= 11 is 0. The molecular formula is C14H19NO4. The van der Waals surface area contributed by atoms with Crippen LogP contribution in [0.4, 0.5) is 0 Å². The number of aryl methyl sites for hydroxylation is 1. The summed E-state index contributed by atoms with van der Waals surface area (Å²) in [6.45, 7) is 5.76. The Balaban J connectivity index is 2.48. The number of fused-ring (bicyclic) bond motifs is 1. The van der Waals surface area contributed by atoms with Gasteiger partial charge in [-0.25, -0.2) is 0 Å². The molecule has 0 aromatic carbocycles. The van der Waals surface area contributed by atoms with Crippen molar-refractivity contribution in [3.8, 4) is 0 Å². The van der Waals surface area contributed by atoms with E-state index >= 15 is 0 Å². The van der Waals surface area contributed by atoms with E-state index in [1.807, 2.05) is 20.8 Å². The first kappa shape index (κ1) is 13.8. The Morgan fingerprint density at radius 1 is 1.53 bits per heavy atom. The van der Waals surface area contributed by atoms with Crippen molar-refractivity contribution in [2.45, 2.75) is 40.0 Å². The number of ether oxygens (including phenoxy) is 1. The highest BCUT2D eigenvalue weighted by molar-refractivity contribution is 6.11. The highest BCUT2D eigenvalue weighted by atomic mass is 16.5. The average molecular weight is 265 g/mol. The van der Waals surface area contributed by atoms with E-state index in [1.165, 1.54) is 7.11 Å². The number of ketones is 1. The first-order valence-corrected chi connectivity index (χ1v) is 6.51. The predicted molar refractivity (Wildman–Crippen MR) is 67.8 cm³/mol. The molecule has 5 heteroatoms. The predicted octanol–water partition coefficient (Wildman–Crippen LogP) is 2.18. The Labute approximate surface area is 112 Å². The number of carbonyl (C=O) groups excluding carboxylic acids is 2. The van der Waals surface area contributed by atoms with Crippen molar-refractivity contribution >= 4 is 11.8 Å². The summed E-state index contributed by atoms with van der Waals surface area (Å²) in [7, 11) is 1.31. The third-order valence-corrected chi connectivity index (χ3v) is 3.66. The molecule has 0 fully saturated rings. The van der Waals surface area contributed by atoms with E-state index in [-0.39, 0.29) is 5.78 Å². The summed E-state index contributed by atoms with van der Waals surface area (Å²) in [5, 5.41) is 3.99. The Morgan fingerprint density at radius 3 is 2.79 bits per heavy atom. The highest BCUT2D eigenvalue weighted by Gasteiger charge is 2.49. The number of esters is 1. The van der Waals surface area contributed by atoms with E-state index in [9.17, 15) is 9.59 Å². The van der Waals surface area contributed by atoms with Crippen LogP contribution in [0.25, 0.3) is 0 Å². The molecule has 1 aliphatic rings. The minimum atomic E-state index is -0.778. The van der Waals surface area contributed by atoms with Gasteiger partial charge in [-0.1, -0.05) is 25.9 Å². The van der Waals surface area contributed by atoms with Crippen LogP contribution >= 0.6 is 0 Å². The fraction of sp³-hybridized carbons (Fsp3) is 0.643. The third kappa shape index (κ3) is 2.17. The van der Waals surface area contributed by atoms with Crippen molar-refractivity contribution < 1.29 is 18.8 Å². The van der Waals surface area contributed by atoms with Gasteiger partial charge in [0.05, 0.1) is 18.4 Å². The molecule has 1 aliphatic carbocycles. The summed E-state index contributed by atoms with van der Waals surface area (Å²) in [5.74, 6) is -0.890. The van der Waals surface area contributed by atoms with Gasteiger partial charge in [0.15, 0.2) is 5.78 Å². The Bertz CT molecular complexity index is 516. The number of methoxy groups -OCH3 is 1. The quantitative estimate of drug-likeness (QED) is 0.619. The van der Waals surface area contributed by atoms with Gasteiger partial charge in [0.1, 0.15) is 11.7 Å².